The van der Waals surface area contributed by atoms with Crippen LogP contribution in [0.4, 0.5) is 10.6 Å². The Hall–Kier alpha value is -4.62. The van der Waals surface area contributed by atoms with Crippen molar-refractivity contribution in [3.05, 3.63) is 96.7 Å². The first-order valence-electron chi connectivity index (χ1n) is 14.3. The molecular weight excluding hydrogens is 596 g/mol. The number of rotatable bonds is 10. The fourth-order valence-corrected chi connectivity index (χ4v) is 5.72. The van der Waals surface area contributed by atoms with Gasteiger partial charge in [0.2, 0.25) is 9.84 Å². The lowest BCUT2D eigenvalue weighted by atomic mass is 10.2. The maximum atomic E-state index is 14.0. The molecule has 0 fully saturated rings. The third-order valence-electron chi connectivity index (χ3n) is 6.09. The summed E-state index contributed by atoms with van der Waals surface area (Å²) in [6.07, 6.45) is 5.42. The van der Waals surface area contributed by atoms with E-state index in [9.17, 15) is 18.0 Å². The number of hydrogen-bond acceptors (Lipinski definition) is 10. The van der Waals surface area contributed by atoms with Gasteiger partial charge < -0.3 is 9.47 Å². The Morgan fingerprint density at radius 2 is 1.62 bits per heavy atom. The van der Waals surface area contributed by atoms with Crippen molar-refractivity contribution in [2.45, 2.75) is 69.6 Å². The molecule has 238 valence electrons. The molecule has 3 aromatic heterocycles. The van der Waals surface area contributed by atoms with Gasteiger partial charge in [-0.3, -0.25) is 20.0 Å². The zero-order valence-electron chi connectivity index (χ0n) is 26.2. The molecule has 0 radical (unpaired) electrons. The zero-order valence-corrected chi connectivity index (χ0v) is 27.0. The molecule has 1 unspecified atom stereocenters. The van der Waals surface area contributed by atoms with Gasteiger partial charge >= 0.3 is 12.1 Å². The summed E-state index contributed by atoms with van der Waals surface area (Å²) in [5.74, 6) is -0.666. The van der Waals surface area contributed by atoms with Crippen molar-refractivity contribution < 1.29 is 27.5 Å². The first-order chi connectivity index (χ1) is 21.1. The number of nitrogens with zero attached hydrogens (tertiary/aromatic N) is 5. The van der Waals surface area contributed by atoms with Crippen LogP contribution >= 0.6 is 0 Å². The van der Waals surface area contributed by atoms with E-state index >= 15 is 0 Å². The minimum Gasteiger partial charge on any atom is -0.459 e. The first kappa shape index (κ1) is 33.3. The number of hydrogen-bond donors (Lipinski definition) is 1. The Bertz CT molecular complexity index is 1700. The molecule has 13 heteroatoms. The molecule has 0 aliphatic rings. The predicted octanol–water partition coefficient (Wildman–Crippen LogP) is 5.01. The number of carbonyl (C=O) groups is 2. The Kier molecular flexibility index (Phi) is 10.0. The highest BCUT2D eigenvalue weighted by atomic mass is 32.2. The number of sulfone groups is 1. The number of nitrogens with one attached hydrogen (secondary N) is 1. The maximum absolute atomic E-state index is 14.0. The number of esters is 1. The third kappa shape index (κ3) is 9.19. The second-order valence-corrected chi connectivity index (χ2v) is 14.2. The van der Waals surface area contributed by atoms with Crippen LogP contribution in [-0.4, -0.2) is 58.0 Å². The van der Waals surface area contributed by atoms with Crippen LogP contribution in [-0.2, 0) is 30.7 Å². The Morgan fingerprint density at radius 3 is 2.22 bits per heavy atom. The van der Waals surface area contributed by atoms with Gasteiger partial charge in [0.15, 0.2) is 5.37 Å². The van der Waals surface area contributed by atoms with Crippen LogP contribution in [0.15, 0.2) is 90.3 Å². The van der Waals surface area contributed by atoms with Gasteiger partial charge in [-0.25, -0.2) is 22.9 Å². The summed E-state index contributed by atoms with van der Waals surface area (Å²) < 4.78 is 40.7. The van der Waals surface area contributed by atoms with Gasteiger partial charge in [0.05, 0.1) is 16.3 Å². The lowest BCUT2D eigenvalue weighted by Crippen LogP contribution is -2.42. The summed E-state index contributed by atoms with van der Waals surface area (Å²) in [5, 5.41) is 6.01. The molecule has 1 aromatic carbocycles. The predicted molar refractivity (Wildman–Crippen MR) is 168 cm³/mol. The number of ether oxygens (including phenoxy) is 2. The van der Waals surface area contributed by atoms with Crippen molar-refractivity contribution in [2.75, 3.05) is 11.4 Å². The number of benzene rings is 1. The van der Waals surface area contributed by atoms with E-state index < -0.39 is 45.0 Å². The van der Waals surface area contributed by atoms with Gasteiger partial charge in [-0.05, 0) is 89.6 Å². The maximum Gasteiger partial charge on any atom is 0.416 e. The molecule has 0 saturated heterocycles. The lowest BCUT2D eigenvalue weighted by molar-refractivity contribution is -0.153. The van der Waals surface area contributed by atoms with E-state index in [1.807, 2.05) is 36.5 Å². The third-order valence-corrected chi connectivity index (χ3v) is 8.02. The van der Waals surface area contributed by atoms with E-state index in [1.165, 1.54) is 36.7 Å². The average Bonchev–Trinajstić information content (AvgIpc) is 3.50. The molecule has 0 saturated carbocycles. The summed E-state index contributed by atoms with van der Waals surface area (Å²) in [6.45, 7) is 9.90. The Labute approximate surface area is 263 Å². The smallest absolute Gasteiger partial charge is 0.416 e. The van der Waals surface area contributed by atoms with Gasteiger partial charge in [0.1, 0.15) is 23.6 Å². The normalized spacial score (nSPS) is 12.8. The molecule has 4 aromatic rings. The topological polar surface area (TPSA) is 146 Å². The second kappa shape index (κ2) is 13.6. The van der Waals surface area contributed by atoms with E-state index in [-0.39, 0.29) is 23.0 Å². The highest BCUT2D eigenvalue weighted by Crippen LogP contribution is 2.28. The van der Waals surface area contributed by atoms with Crippen molar-refractivity contribution in [1.82, 2.24) is 25.1 Å². The highest BCUT2D eigenvalue weighted by Gasteiger charge is 2.33. The second-order valence-electron chi connectivity index (χ2n) is 12.2. The van der Waals surface area contributed by atoms with E-state index in [1.54, 1.807) is 58.5 Å². The van der Waals surface area contributed by atoms with E-state index in [2.05, 4.69) is 20.4 Å². The van der Waals surface area contributed by atoms with E-state index in [0.717, 1.165) is 16.2 Å². The minimum absolute atomic E-state index is 0.0125. The molecule has 1 atom stereocenters. The van der Waals surface area contributed by atoms with E-state index in [4.69, 9.17) is 9.47 Å². The largest absolute Gasteiger partial charge is 0.459 e. The Balaban J connectivity index is 1.69. The van der Waals surface area contributed by atoms with Crippen molar-refractivity contribution in [3.63, 3.8) is 0 Å². The molecule has 0 aliphatic carbocycles. The van der Waals surface area contributed by atoms with Crippen LogP contribution in [0, 0.1) is 0 Å². The van der Waals surface area contributed by atoms with Crippen molar-refractivity contribution in [2.24, 2.45) is 0 Å². The SMILES string of the molecule is CC(C)(C)OC(=O)CN(C(=O)OC(C)(C)C)c1cccc(C(NCc2ccc(-n3cccn3)cc2)S(=O)(=O)c2cccnc2)n1. The van der Waals surface area contributed by atoms with Crippen LogP contribution < -0.4 is 10.2 Å². The fourth-order valence-electron chi connectivity index (χ4n) is 4.22. The first-order valence-corrected chi connectivity index (χ1v) is 15.8. The van der Waals surface area contributed by atoms with Gasteiger partial charge in [0, 0.05) is 31.3 Å². The summed E-state index contributed by atoms with van der Waals surface area (Å²) in [6, 6.07) is 16.9. The number of amides is 1. The van der Waals surface area contributed by atoms with E-state index in [0.29, 0.717) is 0 Å². The number of carbonyl (C=O) groups excluding carboxylic acids is 2. The van der Waals surface area contributed by atoms with Crippen LogP contribution in [0.3, 0.4) is 0 Å². The summed E-state index contributed by atoms with van der Waals surface area (Å²) in [7, 11) is -4.08. The number of pyridine rings is 2. The van der Waals surface area contributed by atoms with Crippen LogP contribution in [0.25, 0.3) is 5.69 Å². The highest BCUT2D eigenvalue weighted by molar-refractivity contribution is 7.91. The Morgan fingerprint density at radius 1 is 0.911 bits per heavy atom. The fraction of sp³-hybridized carbons (Fsp3) is 0.344. The molecule has 12 nitrogen and oxygen atoms in total. The molecule has 0 bridgehead atoms. The minimum atomic E-state index is -4.08. The summed E-state index contributed by atoms with van der Waals surface area (Å²) >= 11 is 0. The van der Waals surface area contributed by atoms with Gasteiger partial charge in [-0.15, -0.1) is 0 Å². The number of aromatic nitrogens is 4. The van der Waals surface area contributed by atoms with Gasteiger partial charge in [-0.2, -0.15) is 5.10 Å². The molecular formula is C32H38N6O6S. The van der Waals surface area contributed by atoms with Crippen molar-refractivity contribution in [1.29, 1.82) is 0 Å². The van der Waals surface area contributed by atoms with Crippen molar-refractivity contribution >= 4 is 27.7 Å². The zero-order chi connectivity index (χ0) is 32.8. The van der Waals surface area contributed by atoms with Crippen LogP contribution in [0.5, 0.6) is 0 Å². The van der Waals surface area contributed by atoms with Gasteiger partial charge in [-0.1, -0.05) is 18.2 Å². The molecule has 0 spiro atoms. The average molecular weight is 635 g/mol. The van der Waals surface area contributed by atoms with Gasteiger partial charge in [0.25, 0.3) is 0 Å². The van der Waals surface area contributed by atoms with Crippen LogP contribution in [0.1, 0.15) is 58.2 Å². The molecule has 1 amide bonds. The standard InChI is InChI=1S/C32H38N6O6S/c1-31(2,3)43-28(39)22-37(30(40)44-32(4,5)6)27-12-7-11-26(36-27)29(45(41,42)25-10-8-17-33-21-25)34-20-23-13-15-24(16-14-23)38-19-9-18-35-38/h7-19,21,29,34H,20,22H2,1-6H3. The molecule has 1 N–H and O–H groups in total. The molecule has 45 heavy (non-hydrogen) atoms. The molecule has 0 aliphatic heterocycles. The monoisotopic (exact) mass is 634 g/mol. The number of anilines is 1. The molecule has 3 heterocycles. The lowest BCUT2D eigenvalue weighted by Gasteiger charge is -2.28. The van der Waals surface area contributed by atoms with Crippen molar-refractivity contribution in [3.8, 4) is 5.69 Å². The quantitative estimate of drug-likeness (QED) is 0.236. The van der Waals surface area contributed by atoms with Crippen LogP contribution in [0.2, 0.25) is 0 Å². The summed E-state index contributed by atoms with van der Waals surface area (Å²) in [5.41, 5.74) is 0.0950. The summed E-state index contributed by atoms with van der Waals surface area (Å²) in [4.78, 5) is 35.7. The molecule has 4 rings (SSSR count).